The van der Waals surface area contributed by atoms with Crippen molar-refractivity contribution in [3.63, 3.8) is 0 Å². The van der Waals surface area contributed by atoms with E-state index in [2.05, 4.69) is 15.9 Å². The van der Waals surface area contributed by atoms with Gasteiger partial charge in [-0.25, -0.2) is 0 Å². The second kappa shape index (κ2) is 5.87. The first-order valence-corrected chi connectivity index (χ1v) is 7.41. The Morgan fingerprint density at radius 3 is 2.57 bits per heavy atom. The molecule has 0 radical (unpaired) electrons. The largest absolute Gasteiger partial charge is 0.406 e. The Hall–Kier alpha value is -1.24. The van der Waals surface area contributed by atoms with Crippen molar-refractivity contribution in [2.75, 3.05) is 12.3 Å². The Morgan fingerprint density at radius 1 is 1.48 bits per heavy atom. The monoisotopic (exact) mass is 364 g/mol. The van der Waals surface area contributed by atoms with Crippen LogP contribution < -0.4 is 5.73 Å². The number of nitrogen functional groups attached to an aromatic ring is 1. The summed E-state index contributed by atoms with van der Waals surface area (Å²) in [4.78, 5) is 13.3. The number of hydrogen-bond acceptors (Lipinski definition) is 2. The predicted molar refractivity (Wildman–Crippen MR) is 77.8 cm³/mol. The zero-order chi connectivity index (χ0) is 15.8. The number of carbonyl (C=O) groups is 1. The highest BCUT2D eigenvalue weighted by Gasteiger charge is 2.40. The van der Waals surface area contributed by atoms with Gasteiger partial charge in [-0.3, -0.25) is 4.79 Å². The fourth-order valence-electron chi connectivity index (χ4n) is 2.25. The molecular weight excluding hydrogens is 349 g/mol. The van der Waals surface area contributed by atoms with Crippen molar-refractivity contribution in [3.8, 4) is 0 Å². The number of nitrogens with zero attached hydrogens (tertiary/aromatic N) is 1. The summed E-state index contributed by atoms with van der Waals surface area (Å²) in [7, 11) is 0. The number of rotatable bonds is 4. The maximum atomic E-state index is 12.7. The van der Waals surface area contributed by atoms with E-state index in [1.807, 2.05) is 0 Å². The Morgan fingerprint density at radius 2 is 2.10 bits per heavy atom. The number of hydrogen-bond donors (Lipinski definition) is 1. The average molecular weight is 365 g/mol. The number of alkyl halides is 3. The molecule has 1 fully saturated rings. The fraction of sp³-hybridized carbons (Fsp3) is 0.500. The van der Waals surface area contributed by atoms with Crippen LogP contribution >= 0.6 is 15.9 Å². The van der Waals surface area contributed by atoms with Crippen LogP contribution in [0.2, 0.25) is 0 Å². The first-order valence-electron chi connectivity index (χ1n) is 6.62. The number of nitrogens with two attached hydrogens (primary N) is 1. The Labute approximate surface area is 129 Å². The van der Waals surface area contributed by atoms with Crippen LogP contribution in [0.15, 0.2) is 22.7 Å². The molecule has 1 aliphatic rings. The second-order valence-corrected chi connectivity index (χ2v) is 6.22. The van der Waals surface area contributed by atoms with Gasteiger partial charge in [0.05, 0.1) is 0 Å². The number of anilines is 1. The van der Waals surface area contributed by atoms with Gasteiger partial charge in [0.2, 0.25) is 0 Å². The van der Waals surface area contributed by atoms with Crippen LogP contribution in [0.4, 0.5) is 18.9 Å². The van der Waals surface area contributed by atoms with Crippen molar-refractivity contribution in [2.45, 2.75) is 32.0 Å². The summed E-state index contributed by atoms with van der Waals surface area (Å²) in [5.41, 5.74) is 6.27. The van der Waals surface area contributed by atoms with Crippen molar-refractivity contribution in [3.05, 3.63) is 28.2 Å². The molecule has 3 nitrogen and oxygen atoms in total. The van der Waals surface area contributed by atoms with Gasteiger partial charge in [0.1, 0.15) is 6.54 Å². The minimum absolute atomic E-state index is 0.161. The highest BCUT2D eigenvalue weighted by Crippen LogP contribution is 2.37. The molecule has 0 aromatic heterocycles. The zero-order valence-electron chi connectivity index (χ0n) is 11.5. The molecular formula is C14H16BrF3N2O. The lowest BCUT2D eigenvalue weighted by molar-refractivity contribution is -0.144. The van der Waals surface area contributed by atoms with Crippen molar-refractivity contribution >= 4 is 27.5 Å². The molecule has 21 heavy (non-hydrogen) atoms. The van der Waals surface area contributed by atoms with Crippen LogP contribution in [0, 0.1) is 5.92 Å². The van der Waals surface area contributed by atoms with E-state index in [1.54, 1.807) is 6.92 Å². The SMILES string of the molecule is CC(C1CC1)N(CC(F)(F)F)C(=O)c1ccc(N)c(Br)c1. The highest BCUT2D eigenvalue weighted by atomic mass is 79.9. The molecule has 0 aliphatic heterocycles. The Kier molecular flexibility index (Phi) is 4.51. The molecule has 2 N–H and O–H groups in total. The van der Waals surface area contributed by atoms with Crippen molar-refractivity contribution in [2.24, 2.45) is 5.92 Å². The third kappa shape index (κ3) is 4.12. The quantitative estimate of drug-likeness (QED) is 0.825. The normalized spacial score (nSPS) is 16.6. The number of halogens is 4. The zero-order valence-corrected chi connectivity index (χ0v) is 13.0. The van der Waals surface area contributed by atoms with Crippen LogP contribution in [0.1, 0.15) is 30.1 Å². The summed E-state index contributed by atoms with van der Waals surface area (Å²) in [6.07, 6.45) is -2.67. The first-order chi connectivity index (χ1) is 9.69. The van der Waals surface area contributed by atoms with Gasteiger partial charge in [-0.2, -0.15) is 13.2 Å². The second-order valence-electron chi connectivity index (χ2n) is 5.36. The Bertz CT molecular complexity index is 544. The molecule has 0 heterocycles. The van der Waals surface area contributed by atoms with E-state index in [0.29, 0.717) is 10.2 Å². The molecule has 1 aliphatic carbocycles. The van der Waals surface area contributed by atoms with E-state index in [1.165, 1.54) is 18.2 Å². The van der Waals surface area contributed by atoms with Gasteiger partial charge in [-0.1, -0.05) is 0 Å². The lowest BCUT2D eigenvalue weighted by Crippen LogP contribution is -2.45. The van der Waals surface area contributed by atoms with Crippen molar-refractivity contribution in [1.29, 1.82) is 0 Å². The third-order valence-electron chi connectivity index (χ3n) is 3.65. The lowest BCUT2D eigenvalue weighted by Gasteiger charge is -2.30. The van der Waals surface area contributed by atoms with Gasteiger partial charge in [0.25, 0.3) is 5.91 Å². The fourth-order valence-corrected chi connectivity index (χ4v) is 2.63. The Balaban J connectivity index is 2.25. The van der Waals surface area contributed by atoms with Gasteiger partial charge in [-0.05, 0) is 59.8 Å². The topological polar surface area (TPSA) is 46.3 Å². The minimum Gasteiger partial charge on any atom is -0.398 e. The molecule has 1 aromatic carbocycles. The van der Waals surface area contributed by atoms with E-state index < -0.39 is 24.7 Å². The lowest BCUT2D eigenvalue weighted by atomic mass is 10.1. The number of amides is 1. The molecule has 1 unspecified atom stereocenters. The van der Waals surface area contributed by atoms with Gasteiger partial charge >= 0.3 is 6.18 Å². The summed E-state index contributed by atoms with van der Waals surface area (Å²) in [6, 6.07) is 3.99. The molecule has 116 valence electrons. The smallest absolute Gasteiger partial charge is 0.398 e. The van der Waals surface area contributed by atoms with Crippen molar-refractivity contribution in [1.82, 2.24) is 4.90 Å². The molecule has 1 saturated carbocycles. The van der Waals surface area contributed by atoms with Crippen LogP contribution in [0.3, 0.4) is 0 Å². The molecule has 0 saturated heterocycles. The van der Waals surface area contributed by atoms with Crippen LogP contribution in [0.5, 0.6) is 0 Å². The highest BCUT2D eigenvalue weighted by molar-refractivity contribution is 9.10. The molecule has 1 atom stereocenters. The van der Waals surface area contributed by atoms with E-state index >= 15 is 0 Å². The number of carbonyl (C=O) groups excluding carboxylic acids is 1. The summed E-state index contributed by atoms with van der Waals surface area (Å²) in [5, 5.41) is 0. The summed E-state index contributed by atoms with van der Waals surface area (Å²) >= 11 is 3.19. The summed E-state index contributed by atoms with van der Waals surface area (Å²) in [6.45, 7) is 0.444. The first kappa shape index (κ1) is 16.1. The molecule has 1 amide bonds. The van der Waals surface area contributed by atoms with E-state index in [-0.39, 0.29) is 11.5 Å². The standard InChI is InChI=1S/C14H16BrF3N2O/c1-8(9-2-3-9)20(7-14(16,17)18)13(21)10-4-5-12(19)11(15)6-10/h4-6,8-9H,2-3,7,19H2,1H3. The average Bonchev–Trinajstić information content (AvgIpc) is 3.21. The minimum atomic E-state index is -4.41. The predicted octanol–water partition coefficient (Wildman–Crippen LogP) is 3.83. The molecule has 7 heteroatoms. The molecule has 0 bridgehead atoms. The summed E-state index contributed by atoms with van der Waals surface area (Å²) < 4.78 is 38.7. The summed E-state index contributed by atoms with van der Waals surface area (Å²) in [5.74, 6) is -0.457. The van der Waals surface area contributed by atoms with Gasteiger partial charge in [-0.15, -0.1) is 0 Å². The van der Waals surface area contributed by atoms with Crippen molar-refractivity contribution < 1.29 is 18.0 Å². The third-order valence-corrected chi connectivity index (χ3v) is 4.34. The molecule has 2 rings (SSSR count). The molecule has 0 spiro atoms. The van der Waals surface area contributed by atoms with E-state index in [0.717, 1.165) is 17.7 Å². The van der Waals surface area contributed by atoms with Gasteiger partial charge in [0, 0.05) is 21.8 Å². The molecule has 1 aromatic rings. The maximum absolute atomic E-state index is 12.7. The van der Waals surface area contributed by atoms with Crippen LogP contribution in [-0.2, 0) is 0 Å². The van der Waals surface area contributed by atoms with Gasteiger partial charge in [0.15, 0.2) is 0 Å². The van der Waals surface area contributed by atoms with E-state index in [9.17, 15) is 18.0 Å². The van der Waals surface area contributed by atoms with Crippen LogP contribution in [-0.4, -0.2) is 29.6 Å². The maximum Gasteiger partial charge on any atom is 0.406 e. The van der Waals surface area contributed by atoms with Crippen LogP contribution in [0.25, 0.3) is 0 Å². The van der Waals surface area contributed by atoms with E-state index in [4.69, 9.17) is 5.73 Å². The number of benzene rings is 1. The van der Waals surface area contributed by atoms with Gasteiger partial charge < -0.3 is 10.6 Å².